The third-order valence-electron chi connectivity index (χ3n) is 3.07. The van der Waals surface area contributed by atoms with Crippen molar-refractivity contribution >= 4 is 5.91 Å². The first-order valence-corrected chi connectivity index (χ1v) is 5.64. The predicted octanol–water partition coefficient (Wildman–Crippen LogP) is 0.975. The maximum atomic E-state index is 11.5. The van der Waals surface area contributed by atoms with Crippen molar-refractivity contribution < 1.29 is 9.90 Å². The van der Waals surface area contributed by atoms with Crippen molar-refractivity contribution in [3.63, 3.8) is 0 Å². The first kappa shape index (κ1) is 11.1. The SMILES string of the molecule is CC(=O)N1CCCC[C@H]1c1cc(CO)[nH]n1. The summed E-state index contributed by atoms with van der Waals surface area (Å²) in [5.41, 5.74) is 1.56. The summed E-state index contributed by atoms with van der Waals surface area (Å²) in [6.45, 7) is 2.36. The van der Waals surface area contributed by atoms with E-state index >= 15 is 0 Å². The van der Waals surface area contributed by atoms with Gasteiger partial charge in [-0.05, 0) is 25.3 Å². The van der Waals surface area contributed by atoms with Crippen LogP contribution in [-0.4, -0.2) is 32.7 Å². The Labute approximate surface area is 94.5 Å². The van der Waals surface area contributed by atoms with Gasteiger partial charge in [-0.2, -0.15) is 5.10 Å². The fourth-order valence-corrected chi connectivity index (χ4v) is 2.25. The van der Waals surface area contributed by atoms with Gasteiger partial charge in [-0.1, -0.05) is 0 Å². The highest BCUT2D eigenvalue weighted by Gasteiger charge is 2.27. The van der Waals surface area contributed by atoms with Gasteiger partial charge in [0.1, 0.15) is 0 Å². The first-order valence-electron chi connectivity index (χ1n) is 5.64. The lowest BCUT2D eigenvalue weighted by molar-refractivity contribution is -0.132. The lowest BCUT2D eigenvalue weighted by Crippen LogP contribution is -2.37. The molecule has 0 aliphatic carbocycles. The molecule has 0 bridgehead atoms. The third-order valence-corrected chi connectivity index (χ3v) is 3.07. The van der Waals surface area contributed by atoms with Crippen LogP contribution < -0.4 is 0 Å². The molecule has 2 heterocycles. The largest absolute Gasteiger partial charge is 0.390 e. The molecule has 0 unspecified atom stereocenters. The van der Waals surface area contributed by atoms with Crippen LogP contribution in [0.1, 0.15) is 43.6 Å². The molecule has 1 fully saturated rings. The molecule has 88 valence electrons. The normalized spacial score (nSPS) is 21.1. The van der Waals surface area contributed by atoms with Crippen LogP contribution in [0.3, 0.4) is 0 Å². The highest BCUT2D eigenvalue weighted by molar-refractivity contribution is 5.73. The monoisotopic (exact) mass is 223 g/mol. The minimum atomic E-state index is -0.0419. The fraction of sp³-hybridized carbons (Fsp3) is 0.636. The highest BCUT2D eigenvalue weighted by Crippen LogP contribution is 2.29. The zero-order chi connectivity index (χ0) is 11.5. The summed E-state index contributed by atoms with van der Waals surface area (Å²) in [6.07, 6.45) is 3.14. The van der Waals surface area contributed by atoms with Gasteiger partial charge < -0.3 is 10.0 Å². The quantitative estimate of drug-likeness (QED) is 0.785. The Morgan fingerprint density at radius 1 is 1.69 bits per heavy atom. The minimum absolute atomic E-state index is 0.0419. The van der Waals surface area contributed by atoms with Gasteiger partial charge in [0.2, 0.25) is 5.91 Å². The number of hydrogen-bond acceptors (Lipinski definition) is 3. The standard InChI is InChI=1S/C11H17N3O2/c1-8(16)14-5-3-2-4-11(14)10-6-9(7-15)12-13-10/h6,11,15H,2-5,7H2,1H3,(H,12,13)/t11-/m0/s1. The van der Waals surface area contributed by atoms with E-state index in [1.807, 2.05) is 11.0 Å². The Balaban J connectivity index is 2.19. The number of carbonyl (C=O) groups is 1. The molecule has 1 aliphatic rings. The summed E-state index contributed by atoms with van der Waals surface area (Å²) < 4.78 is 0. The molecular formula is C11H17N3O2. The first-order chi connectivity index (χ1) is 7.72. The number of carbonyl (C=O) groups excluding carboxylic acids is 1. The molecular weight excluding hydrogens is 206 g/mol. The second-order valence-corrected chi connectivity index (χ2v) is 4.20. The Morgan fingerprint density at radius 2 is 2.50 bits per heavy atom. The number of likely N-dealkylation sites (tertiary alicyclic amines) is 1. The Kier molecular flexibility index (Phi) is 3.24. The number of amides is 1. The molecule has 5 nitrogen and oxygen atoms in total. The molecule has 1 saturated heterocycles. The van der Waals surface area contributed by atoms with Crippen LogP contribution in [0.4, 0.5) is 0 Å². The van der Waals surface area contributed by atoms with Crippen molar-refractivity contribution in [1.82, 2.24) is 15.1 Å². The molecule has 2 rings (SSSR count). The second kappa shape index (κ2) is 4.65. The fourth-order valence-electron chi connectivity index (χ4n) is 2.25. The summed E-state index contributed by atoms with van der Waals surface area (Å²) in [7, 11) is 0. The number of nitrogens with one attached hydrogen (secondary N) is 1. The van der Waals surface area contributed by atoms with Gasteiger partial charge in [0.05, 0.1) is 24.0 Å². The summed E-state index contributed by atoms with van der Waals surface area (Å²) in [6, 6.07) is 1.91. The zero-order valence-electron chi connectivity index (χ0n) is 9.44. The Morgan fingerprint density at radius 3 is 3.12 bits per heavy atom. The predicted molar refractivity (Wildman–Crippen MR) is 58.5 cm³/mol. The maximum absolute atomic E-state index is 11.5. The van der Waals surface area contributed by atoms with Gasteiger partial charge in [-0.3, -0.25) is 9.89 Å². The minimum Gasteiger partial charge on any atom is -0.390 e. The summed E-state index contributed by atoms with van der Waals surface area (Å²) >= 11 is 0. The molecule has 0 spiro atoms. The molecule has 0 radical (unpaired) electrons. The van der Waals surface area contributed by atoms with Crippen molar-refractivity contribution in [2.24, 2.45) is 0 Å². The molecule has 0 saturated carbocycles. The summed E-state index contributed by atoms with van der Waals surface area (Å²) in [5, 5.41) is 15.9. The van der Waals surface area contributed by atoms with E-state index in [1.165, 1.54) is 0 Å². The van der Waals surface area contributed by atoms with Crippen LogP contribution >= 0.6 is 0 Å². The number of aliphatic hydroxyl groups excluding tert-OH is 1. The molecule has 1 aliphatic heterocycles. The number of H-pyrrole nitrogens is 1. The molecule has 1 amide bonds. The van der Waals surface area contributed by atoms with Gasteiger partial charge in [0.15, 0.2) is 0 Å². The van der Waals surface area contributed by atoms with Crippen LogP contribution in [0, 0.1) is 0 Å². The van der Waals surface area contributed by atoms with Gasteiger partial charge >= 0.3 is 0 Å². The van der Waals surface area contributed by atoms with Gasteiger partial charge in [0.25, 0.3) is 0 Å². The average Bonchev–Trinajstić information content (AvgIpc) is 2.77. The molecule has 2 N–H and O–H groups in total. The lowest BCUT2D eigenvalue weighted by atomic mass is 9.99. The number of piperidine rings is 1. The molecule has 1 aromatic rings. The van der Waals surface area contributed by atoms with E-state index < -0.39 is 0 Å². The molecule has 5 heteroatoms. The number of aromatic amines is 1. The Hall–Kier alpha value is -1.36. The van der Waals surface area contributed by atoms with E-state index in [4.69, 9.17) is 5.11 Å². The Bertz CT molecular complexity index is 375. The van der Waals surface area contributed by atoms with E-state index in [9.17, 15) is 4.79 Å². The topological polar surface area (TPSA) is 69.2 Å². The van der Waals surface area contributed by atoms with Crippen molar-refractivity contribution in [3.05, 3.63) is 17.5 Å². The van der Waals surface area contributed by atoms with Crippen molar-refractivity contribution in [2.75, 3.05) is 6.54 Å². The smallest absolute Gasteiger partial charge is 0.220 e. The highest BCUT2D eigenvalue weighted by atomic mass is 16.3. The maximum Gasteiger partial charge on any atom is 0.220 e. The number of aliphatic hydroxyl groups is 1. The van der Waals surface area contributed by atoms with Gasteiger partial charge in [-0.25, -0.2) is 0 Å². The number of aromatic nitrogens is 2. The van der Waals surface area contributed by atoms with Crippen LogP contribution in [0.25, 0.3) is 0 Å². The number of rotatable bonds is 2. The molecule has 16 heavy (non-hydrogen) atoms. The van der Waals surface area contributed by atoms with Crippen LogP contribution in [-0.2, 0) is 11.4 Å². The van der Waals surface area contributed by atoms with Crippen LogP contribution in [0.5, 0.6) is 0 Å². The second-order valence-electron chi connectivity index (χ2n) is 4.20. The summed E-state index contributed by atoms with van der Waals surface area (Å²) in [4.78, 5) is 13.4. The van der Waals surface area contributed by atoms with E-state index in [0.29, 0.717) is 5.69 Å². The van der Waals surface area contributed by atoms with E-state index in [2.05, 4.69) is 10.2 Å². The van der Waals surface area contributed by atoms with Crippen molar-refractivity contribution in [1.29, 1.82) is 0 Å². The van der Waals surface area contributed by atoms with Gasteiger partial charge in [0, 0.05) is 13.5 Å². The van der Waals surface area contributed by atoms with Crippen molar-refractivity contribution in [2.45, 2.75) is 38.8 Å². The molecule has 0 aromatic carbocycles. The van der Waals surface area contributed by atoms with E-state index in [-0.39, 0.29) is 18.6 Å². The third kappa shape index (κ3) is 2.09. The number of nitrogens with zero attached hydrogens (tertiary/aromatic N) is 2. The van der Waals surface area contributed by atoms with E-state index in [0.717, 1.165) is 31.5 Å². The lowest BCUT2D eigenvalue weighted by Gasteiger charge is -2.33. The number of hydrogen-bond donors (Lipinski definition) is 2. The van der Waals surface area contributed by atoms with E-state index in [1.54, 1.807) is 6.92 Å². The summed E-state index contributed by atoms with van der Waals surface area (Å²) in [5.74, 6) is 0.0956. The molecule has 1 aromatic heterocycles. The van der Waals surface area contributed by atoms with Gasteiger partial charge in [-0.15, -0.1) is 0 Å². The molecule has 1 atom stereocenters. The van der Waals surface area contributed by atoms with Crippen LogP contribution in [0.2, 0.25) is 0 Å². The van der Waals surface area contributed by atoms with Crippen molar-refractivity contribution in [3.8, 4) is 0 Å². The average molecular weight is 223 g/mol. The zero-order valence-corrected chi connectivity index (χ0v) is 9.44. The van der Waals surface area contributed by atoms with Crippen LogP contribution in [0.15, 0.2) is 6.07 Å².